The van der Waals surface area contributed by atoms with Gasteiger partial charge in [0.2, 0.25) is 11.7 Å². The third-order valence-electron chi connectivity index (χ3n) is 6.07. The Balaban J connectivity index is 1.42. The number of ether oxygens (including phenoxy) is 1. The first kappa shape index (κ1) is 21.9. The molecule has 2 aliphatic rings. The van der Waals surface area contributed by atoms with Crippen molar-refractivity contribution in [2.45, 2.75) is 19.9 Å². The summed E-state index contributed by atoms with van der Waals surface area (Å²) in [5, 5.41) is 2.45. The maximum atomic E-state index is 14.5. The molecular formula is C23H26FN5O3. The molecule has 0 saturated carbocycles. The summed E-state index contributed by atoms with van der Waals surface area (Å²) in [6, 6.07) is 7.14. The number of halogens is 1. The van der Waals surface area contributed by atoms with Crippen molar-refractivity contribution in [1.82, 2.24) is 15.2 Å². The standard InChI is InChI=1S/C23H26FN5O3/c1-14-15(4-5-17-16(14)12-20(30)23(27-17)32-3)13-28-8-10-29(11-9-28)19-7-6-18(22(31)25-2)26-21(19)24/h4-7H,8-13H2,1-3H3,(H,25,31). The van der Waals surface area contributed by atoms with E-state index in [0.717, 1.165) is 42.0 Å². The Morgan fingerprint density at radius 1 is 1.19 bits per heavy atom. The number of nitrogens with zero attached hydrogens (tertiary/aromatic N) is 4. The van der Waals surface area contributed by atoms with Gasteiger partial charge in [-0.05, 0) is 41.8 Å². The molecule has 0 spiro atoms. The van der Waals surface area contributed by atoms with Crippen LogP contribution in [0.4, 0.5) is 15.8 Å². The number of hydrogen-bond acceptors (Lipinski definition) is 7. The molecule has 0 bridgehead atoms. The normalized spacial score (nSPS) is 16.4. The van der Waals surface area contributed by atoms with Crippen molar-refractivity contribution >= 4 is 29.0 Å². The van der Waals surface area contributed by atoms with Crippen LogP contribution in [-0.2, 0) is 22.5 Å². The minimum Gasteiger partial charge on any atom is -0.478 e. The zero-order valence-electron chi connectivity index (χ0n) is 18.4. The number of methoxy groups -OCH3 is 1. The maximum Gasteiger partial charge on any atom is 0.269 e. The number of aliphatic imine (C=N–C) groups is 1. The van der Waals surface area contributed by atoms with Gasteiger partial charge in [-0.3, -0.25) is 14.5 Å². The number of Topliss-reactive ketones (excluding diaryl/α,β-unsaturated/α-hetero) is 1. The number of piperazine rings is 1. The summed E-state index contributed by atoms with van der Waals surface area (Å²) in [4.78, 5) is 36.2. The first-order chi connectivity index (χ1) is 15.4. The zero-order valence-corrected chi connectivity index (χ0v) is 18.4. The number of amides is 1. The van der Waals surface area contributed by atoms with Crippen molar-refractivity contribution in [3.8, 4) is 0 Å². The number of carbonyl (C=O) groups excluding carboxylic acids is 2. The molecule has 0 atom stereocenters. The van der Waals surface area contributed by atoms with Crippen molar-refractivity contribution in [2.24, 2.45) is 4.99 Å². The molecule has 1 aromatic carbocycles. The summed E-state index contributed by atoms with van der Waals surface area (Å²) >= 11 is 0. The molecule has 4 rings (SSSR count). The van der Waals surface area contributed by atoms with Crippen LogP contribution in [0, 0.1) is 12.9 Å². The fraction of sp³-hybridized carbons (Fsp3) is 0.391. The molecule has 0 aliphatic carbocycles. The van der Waals surface area contributed by atoms with E-state index in [1.54, 1.807) is 12.1 Å². The van der Waals surface area contributed by atoms with Gasteiger partial charge in [-0.2, -0.15) is 4.39 Å². The topological polar surface area (TPSA) is 87.1 Å². The van der Waals surface area contributed by atoms with E-state index in [1.807, 2.05) is 24.0 Å². The lowest BCUT2D eigenvalue weighted by atomic mass is 9.94. The van der Waals surface area contributed by atoms with Crippen molar-refractivity contribution in [2.75, 3.05) is 45.2 Å². The number of nitrogens with one attached hydrogen (secondary N) is 1. The fourth-order valence-corrected chi connectivity index (χ4v) is 4.16. The minimum absolute atomic E-state index is 0.0655. The van der Waals surface area contributed by atoms with Gasteiger partial charge in [-0.25, -0.2) is 9.98 Å². The van der Waals surface area contributed by atoms with Crippen LogP contribution in [0.5, 0.6) is 0 Å². The minimum atomic E-state index is -0.634. The second-order valence-corrected chi connectivity index (χ2v) is 7.92. The second kappa shape index (κ2) is 9.04. The molecule has 1 aromatic heterocycles. The highest BCUT2D eigenvalue weighted by atomic mass is 19.1. The molecule has 0 radical (unpaired) electrons. The van der Waals surface area contributed by atoms with Gasteiger partial charge in [0.25, 0.3) is 11.8 Å². The molecule has 2 aromatic rings. The van der Waals surface area contributed by atoms with E-state index in [4.69, 9.17) is 4.74 Å². The predicted molar refractivity (Wildman–Crippen MR) is 119 cm³/mol. The quantitative estimate of drug-likeness (QED) is 0.734. The van der Waals surface area contributed by atoms with E-state index in [2.05, 4.69) is 20.2 Å². The van der Waals surface area contributed by atoms with Crippen molar-refractivity contribution in [3.63, 3.8) is 0 Å². The highest BCUT2D eigenvalue weighted by molar-refractivity contribution is 6.38. The Morgan fingerprint density at radius 3 is 2.59 bits per heavy atom. The van der Waals surface area contributed by atoms with Crippen LogP contribution in [0.15, 0.2) is 29.3 Å². The van der Waals surface area contributed by atoms with Crippen LogP contribution in [0.3, 0.4) is 0 Å². The lowest BCUT2D eigenvalue weighted by molar-refractivity contribution is -0.113. The fourth-order valence-electron chi connectivity index (χ4n) is 4.16. The Hall–Kier alpha value is -3.33. The summed E-state index contributed by atoms with van der Waals surface area (Å²) in [6.45, 7) is 5.61. The average Bonchev–Trinajstić information content (AvgIpc) is 2.81. The van der Waals surface area contributed by atoms with Crippen molar-refractivity contribution in [1.29, 1.82) is 0 Å². The van der Waals surface area contributed by atoms with E-state index in [0.29, 0.717) is 25.2 Å². The third kappa shape index (κ3) is 4.20. The monoisotopic (exact) mass is 439 g/mol. The van der Waals surface area contributed by atoms with Gasteiger partial charge in [0, 0.05) is 46.2 Å². The summed E-state index contributed by atoms with van der Waals surface area (Å²) in [5.74, 6) is -0.991. The van der Waals surface area contributed by atoms with Gasteiger partial charge in [0.15, 0.2) is 0 Å². The second-order valence-electron chi connectivity index (χ2n) is 7.92. The number of rotatable bonds is 4. The number of benzene rings is 1. The van der Waals surface area contributed by atoms with E-state index in [9.17, 15) is 14.0 Å². The van der Waals surface area contributed by atoms with Gasteiger partial charge < -0.3 is 15.0 Å². The summed E-state index contributed by atoms with van der Waals surface area (Å²) in [7, 11) is 2.95. The van der Waals surface area contributed by atoms with Crippen LogP contribution >= 0.6 is 0 Å². The molecule has 1 saturated heterocycles. The highest BCUT2D eigenvalue weighted by Gasteiger charge is 2.25. The van der Waals surface area contributed by atoms with Gasteiger partial charge in [-0.1, -0.05) is 6.07 Å². The van der Waals surface area contributed by atoms with Crippen LogP contribution in [-0.4, -0.2) is 67.8 Å². The molecule has 0 unspecified atom stereocenters. The van der Waals surface area contributed by atoms with Gasteiger partial charge in [0.1, 0.15) is 5.69 Å². The SMILES string of the molecule is CNC(=O)c1ccc(N2CCN(Cc3ccc4c(c3C)CC(=O)C(OC)=N4)CC2)c(F)n1. The van der Waals surface area contributed by atoms with Crippen LogP contribution in [0.2, 0.25) is 0 Å². The van der Waals surface area contributed by atoms with Crippen LogP contribution in [0.1, 0.15) is 27.2 Å². The van der Waals surface area contributed by atoms with E-state index >= 15 is 0 Å². The van der Waals surface area contributed by atoms with E-state index in [1.165, 1.54) is 14.2 Å². The summed E-state index contributed by atoms with van der Waals surface area (Å²) in [5.41, 5.74) is 4.45. The van der Waals surface area contributed by atoms with Crippen LogP contribution < -0.4 is 10.2 Å². The number of ketones is 1. The number of anilines is 1. The molecule has 9 heteroatoms. The van der Waals surface area contributed by atoms with Gasteiger partial charge in [0.05, 0.1) is 18.5 Å². The highest BCUT2D eigenvalue weighted by Crippen LogP contribution is 2.31. The molecule has 1 fully saturated rings. The first-order valence-electron chi connectivity index (χ1n) is 10.5. The predicted octanol–water partition coefficient (Wildman–Crippen LogP) is 2.01. The number of hydrogen-bond donors (Lipinski definition) is 1. The lowest BCUT2D eigenvalue weighted by Crippen LogP contribution is -2.46. The maximum absolute atomic E-state index is 14.5. The number of pyridine rings is 1. The van der Waals surface area contributed by atoms with Gasteiger partial charge >= 0.3 is 0 Å². The number of aromatic nitrogens is 1. The van der Waals surface area contributed by atoms with E-state index in [-0.39, 0.29) is 17.4 Å². The molecule has 1 amide bonds. The Labute approximate surface area is 186 Å². The number of carbonyl (C=O) groups is 2. The summed E-state index contributed by atoms with van der Waals surface area (Å²) < 4.78 is 19.5. The smallest absolute Gasteiger partial charge is 0.269 e. The molecule has 1 N–H and O–H groups in total. The molecule has 8 nitrogen and oxygen atoms in total. The Bertz CT molecular complexity index is 1090. The molecule has 3 heterocycles. The summed E-state index contributed by atoms with van der Waals surface area (Å²) in [6.07, 6.45) is 0.299. The molecule has 32 heavy (non-hydrogen) atoms. The largest absolute Gasteiger partial charge is 0.478 e. The lowest BCUT2D eigenvalue weighted by Gasteiger charge is -2.36. The molecular weight excluding hydrogens is 413 g/mol. The first-order valence-corrected chi connectivity index (χ1v) is 10.5. The van der Waals surface area contributed by atoms with Crippen LogP contribution in [0.25, 0.3) is 0 Å². The average molecular weight is 439 g/mol. The van der Waals surface area contributed by atoms with Gasteiger partial charge in [-0.15, -0.1) is 0 Å². The molecule has 168 valence electrons. The van der Waals surface area contributed by atoms with Crippen molar-refractivity contribution in [3.05, 3.63) is 52.6 Å². The zero-order chi connectivity index (χ0) is 22.8. The third-order valence-corrected chi connectivity index (χ3v) is 6.07. The number of fused-ring (bicyclic) bond motifs is 1. The molecule has 2 aliphatic heterocycles. The Morgan fingerprint density at radius 2 is 1.94 bits per heavy atom. The van der Waals surface area contributed by atoms with E-state index < -0.39 is 11.9 Å². The van der Waals surface area contributed by atoms with Crippen molar-refractivity contribution < 1.29 is 18.7 Å². The Kier molecular flexibility index (Phi) is 6.18.